The number of nitrogens with one attached hydrogen (secondary N) is 2. The molecule has 0 spiro atoms. The summed E-state index contributed by atoms with van der Waals surface area (Å²) >= 11 is 0. The summed E-state index contributed by atoms with van der Waals surface area (Å²) in [6.07, 6.45) is 1.32. The first kappa shape index (κ1) is 17.9. The summed E-state index contributed by atoms with van der Waals surface area (Å²) in [7, 11) is 1.31. The average molecular weight is 335 g/mol. The van der Waals surface area contributed by atoms with Crippen molar-refractivity contribution in [1.29, 1.82) is 0 Å². The minimum Gasteiger partial charge on any atom is -0.493 e. The summed E-state index contributed by atoms with van der Waals surface area (Å²) < 4.78 is 16.1. The molecule has 0 saturated carbocycles. The Hall–Kier alpha value is -2.44. The number of carbonyl (C=O) groups is 1. The molecule has 1 heterocycles. The summed E-state index contributed by atoms with van der Waals surface area (Å²) in [4.78, 5) is 15.7. The SMILES string of the molecule is CCCOc1ccc(C2CNC(NC(=O)OC)=N2)c(OCCC)c1. The lowest BCUT2D eigenvalue weighted by molar-refractivity contribution is 0.176. The standard InChI is InChI=1S/C17H25N3O4/c1-4-8-23-12-6-7-13(15(10-12)24-9-5-2)14-11-18-16(19-14)20-17(21)22-3/h6-7,10,14H,4-5,8-9,11H2,1-3H3,(H2,18,19,20,21). The number of rotatable bonds is 7. The highest BCUT2D eigenvalue weighted by Gasteiger charge is 2.23. The molecule has 7 heteroatoms. The Morgan fingerprint density at radius 1 is 1.29 bits per heavy atom. The summed E-state index contributed by atoms with van der Waals surface area (Å²) in [5.74, 6) is 1.95. The molecule has 1 amide bonds. The van der Waals surface area contributed by atoms with Crippen molar-refractivity contribution < 1.29 is 19.0 Å². The normalized spacial score (nSPS) is 16.1. The Balaban J connectivity index is 2.17. The van der Waals surface area contributed by atoms with E-state index < -0.39 is 6.09 Å². The van der Waals surface area contributed by atoms with E-state index in [-0.39, 0.29) is 6.04 Å². The molecule has 1 aliphatic heterocycles. The number of hydrogen-bond donors (Lipinski definition) is 2. The lowest BCUT2D eigenvalue weighted by atomic mass is 10.1. The topological polar surface area (TPSA) is 81.2 Å². The molecule has 2 N–H and O–H groups in total. The van der Waals surface area contributed by atoms with Crippen LogP contribution in [0.3, 0.4) is 0 Å². The fourth-order valence-corrected chi connectivity index (χ4v) is 2.28. The zero-order chi connectivity index (χ0) is 17.4. The number of carbonyl (C=O) groups excluding carboxylic acids is 1. The van der Waals surface area contributed by atoms with Crippen LogP contribution in [0.5, 0.6) is 11.5 Å². The first-order valence-corrected chi connectivity index (χ1v) is 8.24. The average Bonchev–Trinajstić information content (AvgIpc) is 3.06. The van der Waals surface area contributed by atoms with E-state index in [1.54, 1.807) is 0 Å². The van der Waals surface area contributed by atoms with Crippen LogP contribution in [0.2, 0.25) is 0 Å². The largest absolute Gasteiger partial charge is 0.493 e. The van der Waals surface area contributed by atoms with Crippen LogP contribution in [0, 0.1) is 0 Å². The number of nitrogens with zero attached hydrogens (tertiary/aromatic N) is 1. The van der Waals surface area contributed by atoms with E-state index in [1.807, 2.05) is 18.2 Å². The van der Waals surface area contributed by atoms with E-state index in [0.717, 1.165) is 29.9 Å². The molecular formula is C17H25N3O4. The Labute approximate surface area is 142 Å². The third-order valence-corrected chi connectivity index (χ3v) is 3.43. The summed E-state index contributed by atoms with van der Waals surface area (Å²) in [6, 6.07) is 5.66. The maximum Gasteiger partial charge on any atom is 0.413 e. The number of amides is 1. The highest BCUT2D eigenvalue weighted by atomic mass is 16.5. The van der Waals surface area contributed by atoms with Crippen LogP contribution in [0.25, 0.3) is 0 Å². The molecule has 0 saturated heterocycles. The van der Waals surface area contributed by atoms with Gasteiger partial charge in [0.1, 0.15) is 11.5 Å². The van der Waals surface area contributed by atoms with Crippen LogP contribution in [-0.4, -0.2) is 38.9 Å². The van der Waals surface area contributed by atoms with Gasteiger partial charge in [0, 0.05) is 18.2 Å². The third kappa shape index (κ3) is 4.78. The van der Waals surface area contributed by atoms with Crippen LogP contribution in [0.15, 0.2) is 23.2 Å². The van der Waals surface area contributed by atoms with E-state index in [4.69, 9.17) is 9.47 Å². The van der Waals surface area contributed by atoms with Gasteiger partial charge in [-0.15, -0.1) is 0 Å². The lowest BCUT2D eigenvalue weighted by Gasteiger charge is -2.15. The molecule has 0 radical (unpaired) electrons. The fraction of sp³-hybridized carbons (Fsp3) is 0.529. The molecule has 1 unspecified atom stereocenters. The molecule has 0 bridgehead atoms. The van der Waals surface area contributed by atoms with Gasteiger partial charge in [-0.25, -0.2) is 9.79 Å². The van der Waals surface area contributed by atoms with Crippen molar-refractivity contribution in [3.63, 3.8) is 0 Å². The van der Waals surface area contributed by atoms with Gasteiger partial charge in [-0.2, -0.15) is 0 Å². The molecule has 0 aromatic heterocycles. The first-order chi connectivity index (χ1) is 11.7. The number of benzene rings is 1. The zero-order valence-electron chi connectivity index (χ0n) is 14.4. The maximum absolute atomic E-state index is 11.3. The number of aliphatic imine (C=N–C) groups is 1. The van der Waals surface area contributed by atoms with Gasteiger partial charge in [-0.1, -0.05) is 13.8 Å². The zero-order valence-corrected chi connectivity index (χ0v) is 14.4. The summed E-state index contributed by atoms with van der Waals surface area (Å²) in [6.45, 7) is 6.00. The fourth-order valence-electron chi connectivity index (χ4n) is 2.28. The Morgan fingerprint density at radius 2 is 2.04 bits per heavy atom. The van der Waals surface area contributed by atoms with Crippen molar-refractivity contribution >= 4 is 12.1 Å². The van der Waals surface area contributed by atoms with Crippen molar-refractivity contribution in [1.82, 2.24) is 10.6 Å². The first-order valence-electron chi connectivity index (χ1n) is 8.24. The van der Waals surface area contributed by atoms with Crippen LogP contribution >= 0.6 is 0 Å². The minimum atomic E-state index is -0.548. The van der Waals surface area contributed by atoms with Crippen molar-refractivity contribution in [2.24, 2.45) is 4.99 Å². The van der Waals surface area contributed by atoms with E-state index in [9.17, 15) is 4.79 Å². The Bertz CT molecular complexity index is 589. The number of alkyl carbamates (subject to hydrolysis) is 1. The van der Waals surface area contributed by atoms with Gasteiger partial charge in [-0.05, 0) is 25.0 Å². The number of ether oxygens (including phenoxy) is 3. The predicted octanol–water partition coefficient (Wildman–Crippen LogP) is 2.62. The molecule has 7 nitrogen and oxygen atoms in total. The van der Waals surface area contributed by atoms with Gasteiger partial charge in [0.15, 0.2) is 0 Å². The second kappa shape index (κ2) is 9.00. The summed E-state index contributed by atoms with van der Waals surface area (Å²) in [5.41, 5.74) is 0.960. The van der Waals surface area contributed by atoms with Crippen LogP contribution in [0.1, 0.15) is 38.3 Å². The van der Waals surface area contributed by atoms with Crippen LogP contribution < -0.4 is 20.1 Å². The lowest BCUT2D eigenvalue weighted by Crippen LogP contribution is -2.37. The van der Waals surface area contributed by atoms with E-state index in [0.29, 0.717) is 25.7 Å². The molecule has 2 rings (SSSR count). The van der Waals surface area contributed by atoms with Gasteiger partial charge in [0.2, 0.25) is 5.96 Å². The van der Waals surface area contributed by atoms with Crippen LogP contribution in [0.4, 0.5) is 4.79 Å². The van der Waals surface area contributed by atoms with Gasteiger partial charge in [0.25, 0.3) is 0 Å². The van der Waals surface area contributed by atoms with E-state index in [1.165, 1.54) is 7.11 Å². The Morgan fingerprint density at radius 3 is 2.75 bits per heavy atom. The number of hydrogen-bond acceptors (Lipinski definition) is 6. The molecule has 1 aromatic rings. The molecule has 24 heavy (non-hydrogen) atoms. The maximum atomic E-state index is 11.3. The second-order valence-electron chi connectivity index (χ2n) is 5.39. The highest BCUT2D eigenvalue weighted by Crippen LogP contribution is 2.33. The van der Waals surface area contributed by atoms with Gasteiger partial charge >= 0.3 is 6.09 Å². The monoisotopic (exact) mass is 335 g/mol. The van der Waals surface area contributed by atoms with Crippen LogP contribution in [-0.2, 0) is 4.74 Å². The molecule has 0 aliphatic carbocycles. The van der Waals surface area contributed by atoms with Crippen molar-refractivity contribution in [2.45, 2.75) is 32.7 Å². The second-order valence-corrected chi connectivity index (χ2v) is 5.39. The molecule has 1 aliphatic rings. The Kier molecular flexibility index (Phi) is 6.72. The van der Waals surface area contributed by atoms with Gasteiger partial charge < -0.3 is 19.5 Å². The third-order valence-electron chi connectivity index (χ3n) is 3.43. The van der Waals surface area contributed by atoms with Gasteiger partial charge in [0.05, 0.1) is 26.4 Å². The minimum absolute atomic E-state index is 0.135. The van der Waals surface area contributed by atoms with E-state index in [2.05, 4.69) is 34.2 Å². The molecule has 1 aromatic carbocycles. The molecule has 132 valence electrons. The van der Waals surface area contributed by atoms with Crippen molar-refractivity contribution in [3.05, 3.63) is 23.8 Å². The van der Waals surface area contributed by atoms with Gasteiger partial charge in [-0.3, -0.25) is 5.32 Å². The quantitative estimate of drug-likeness (QED) is 0.800. The van der Waals surface area contributed by atoms with Crippen molar-refractivity contribution in [2.75, 3.05) is 26.9 Å². The molecular weight excluding hydrogens is 310 g/mol. The smallest absolute Gasteiger partial charge is 0.413 e. The van der Waals surface area contributed by atoms with Crippen molar-refractivity contribution in [3.8, 4) is 11.5 Å². The predicted molar refractivity (Wildman–Crippen MR) is 91.7 cm³/mol. The highest BCUT2D eigenvalue weighted by molar-refractivity contribution is 5.94. The van der Waals surface area contributed by atoms with E-state index >= 15 is 0 Å². The molecule has 1 atom stereocenters. The number of methoxy groups -OCH3 is 1. The summed E-state index contributed by atoms with van der Waals surface area (Å²) in [5, 5.41) is 5.60. The number of guanidine groups is 1. The molecule has 0 fully saturated rings.